The summed E-state index contributed by atoms with van der Waals surface area (Å²) in [5.41, 5.74) is 3.41. The van der Waals surface area contributed by atoms with Crippen LogP contribution in [0.5, 0.6) is 0 Å². The predicted molar refractivity (Wildman–Crippen MR) is 135 cm³/mol. The van der Waals surface area contributed by atoms with Gasteiger partial charge in [-0.1, -0.05) is 74.7 Å². The van der Waals surface area contributed by atoms with Gasteiger partial charge in [0.15, 0.2) is 0 Å². The summed E-state index contributed by atoms with van der Waals surface area (Å²) in [7, 11) is 2.14. The van der Waals surface area contributed by atoms with Crippen LogP contribution in [0.1, 0.15) is 49.7 Å². The van der Waals surface area contributed by atoms with Crippen molar-refractivity contribution in [2.24, 2.45) is 5.92 Å². The number of halogens is 1. The molecule has 0 bridgehead atoms. The summed E-state index contributed by atoms with van der Waals surface area (Å²) in [6, 6.07) is 5.55. The minimum Gasteiger partial charge on any atom is -0.340 e. The van der Waals surface area contributed by atoms with E-state index in [1.54, 1.807) is 0 Å². The second kappa shape index (κ2) is 11.9. The first kappa shape index (κ1) is 24.9. The van der Waals surface area contributed by atoms with E-state index in [-0.39, 0.29) is 21.1 Å². The molecule has 0 radical (unpaired) electrons. The first-order valence-electron chi connectivity index (χ1n) is 11.4. The van der Waals surface area contributed by atoms with Gasteiger partial charge in [0.05, 0.1) is 9.27 Å². The standard InChI is InChI=1S/C25H34ClN3O2S/c1-17(32-18(2)26)24(30)28-23(15-19-7-5-4-6-8-19)25(31)27-22-10-9-20-11-13-29(3)14-12-21(20)16-22/h9-10,16,19,23H,1-2,4-8,11-15H2,3H3,(H,27,31)(H,28,30)/t23-/m1/s1. The third kappa shape index (κ3) is 7.39. The fourth-order valence-corrected chi connectivity index (χ4v) is 5.25. The summed E-state index contributed by atoms with van der Waals surface area (Å²) in [6.45, 7) is 9.42. The number of hydrogen-bond donors (Lipinski definition) is 2. The van der Waals surface area contributed by atoms with Gasteiger partial charge in [-0.25, -0.2) is 0 Å². The second-order valence-corrected chi connectivity index (χ2v) is 10.8. The van der Waals surface area contributed by atoms with E-state index in [1.807, 2.05) is 6.07 Å². The molecule has 0 spiro atoms. The van der Waals surface area contributed by atoms with Gasteiger partial charge in [0.25, 0.3) is 5.91 Å². The Hall–Kier alpha value is -1.76. The van der Waals surface area contributed by atoms with Crippen LogP contribution in [-0.2, 0) is 22.4 Å². The molecule has 1 saturated carbocycles. The van der Waals surface area contributed by atoms with Crippen molar-refractivity contribution in [3.05, 3.63) is 51.8 Å². The van der Waals surface area contributed by atoms with Gasteiger partial charge >= 0.3 is 0 Å². The largest absolute Gasteiger partial charge is 0.340 e. The zero-order valence-electron chi connectivity index (χ0n) is 18.9. The Morgan fingerprint density at radius 3 is 2.53 bits per heavy atom. The molecule has 2 aliphatic rings. The van der Waals surface area contributed by atoms with Crippen molar-refractivity contribution in [3.63, 3.8) is 0 Å². The molecule has 1 atom stereocenters. The monoisotopic (exact) mass is 475 g/mol. The highest BCUT2D eigenvalue weighted by Crippen LogP contribution is 2.29. The van der Waals surface area contributed by atoms with Crippen molar-refractivity contribution in [3.8, 4) is 0 Å². The first-order valence-corrected chi connectivity index (χ1v) is 12.6. The number of carbonyl (C=O) groups excluding carboxylic acids is 2. The maximum Gasteiger partial charge on any atom is 0.258 e. The summed E-state index contributed by atoms with van der Waals surface area (Å²) >= 11 is 6.82. The number of hydrogen-bond acceptors (Lipinski definition) is 4. The smallest absolute Gasteiger partial charge is 0.258 e. The molecule has 1 heterocycles. The first-order chi connectivity index (χ1) is 15.3. The van der Waals surface area contributed by atoms with Gasteiger partial charge in [-0.2, -0.15) is 0 Å². The number of nitrogens with one attached hydrogen (secondary N) is 2. The van der Waals surface area contributed by atoms with Crippen molar-refractivity contribution in [2.75, 3.05) is 25.5 Å². The van der Waals surface area contributed by atoms with Crippen LogP contribution in [-0.4, -0.2) is 42.9 Å². The van der Waals surface area contributed by atoms with E-state index in [0.29, 0.717) is 12.3 Å². The number of anilines is 1. The third-order valence-corrected chi connectivity index (χ3v) is 7.29. The molecular weight excluding hydrogens is 442 g/mol. The van der Waals surface area contributed by atoms with E-state index in [0.717, 1.165) is 56.2 Å². The SMILES string of the molecule is C=C(Cl)SC(=C)C(=O)N[C@H](CC1CCCCC1)C(=O)Nc1ccc2c(c1)CCN(C)CC2. The van der Waals surface area contributed by atoms with Crippen molar-refractivity contribution in [2.45, 2.75) is 57.4 Å². The number of carbonyl (C=O) groups is 2. The summed E-state index contributed by atoms with van der Waals surface area (Å²) in [5, 5.41) is 5.94. The molecule has 3 rings (SSSR count). The topological polar surface area (TPSA) is 61.4 Å². The van der Waals surface area contributed by atoms with Crippen molar-refractivity contribution >= 4 is 40.9 Å². The normalized spacial score (nSPS) is 18.2. The van der Waals surface area contributed by atoms with E-state index in [9.17, 15) is 9.59 Å². The molecular formula is C25H34ClN3O2S. The number of fused-ring (bicyclic) bond motifs is 1. The average Bonchev–Trinajstić information content (AvgIpc) is 2.94. The number of nitrogens with zero attached hydrogens (tertiary/aromatic N) is 1. The Kier molecular flexibility index (Phi) is 9.26. The van der Waals surface area contributed by atoms with Crippen LogP contribution in [0, 0.1) is 5.92 Å². The van der Waals surface area contributed by atoms with E-state index in [4.69, 9.17) is 11.6 Å². The van der Waals surface area contributed by atoms with Crippen LogP contribution in [0.15, 0.2) is 40.6 Å². The van der Waals surface area contributed by atoms with Gasteiger partial charge in [0.2, 0.25) is 5.91 Å². The zero-order chi connectivity index (χ0) is 23.1. The molecule has 1 aromatic rings. The van der Waals surface area contributed by atoms with E-state index >= 15 is 0 Å². The number of thioether (sulfide) groups is 1. The fourth-order valence-electron chi connectivity index (χ4n) is 4.55. The lowest BCUT2D eigenvalue weighted by molar-refractivity contribution is -0.124. The second-order valence-electron chi connectivity index (χ2n) is 8.92. The minimum absolute atomic E-state index is 0.183. The van der Waals surface area contributed by atoms with Crippen LogP contribution in [0.25, 0.3) is 0 Å². The zero-order valence-corrected chi connectivity index (χ0v) is 20.5. The van der Waals surface area contributed by atoms with E-state index in [1.165, 1.54) is 30.4 Å². The Labute approximate surface area is 201 Å². The quantitative estimate of drug-likeness (QED) is 0.515. The number of likely N-dealkylation sites (N-methyl/N-ethyl adjacent to an activating group) is 1. The lowest BCUT2D eigenvalue weighted by Crippen LogP contribution is -2.45. The van der Waals surface area contributed by atoms with Crippen LogP contribution in [0.4, 0.5) is 5.69 Å². The highest BCUT2D eigenvalue weighted by molar-refractivity contribution is 8.08. The molecule has 174 valence electrons. The van der Waals surface area contributed by atoms with Gasteiger partial charge in [-0.3, -0.25) is 9.59 Å². The molecule has 1 aromatic carbocycles. The Morgan fingerprint density at radius 2 is 1.84 bits per heavy atom. The lowest BCUT2D eigenvalue weighted by atomic mass is 9.84. The van der Waals surface area contributed by atoms with Crippen molar-refractivity contribution < 1.29 is 9.59 Å². The summed E-state index contributed by atoms with van der Waals surface area (Å²) in [5.74, 6) is -0.124. The predicted octanol–water partition coefficient (Wildman–Crippen LogP) is 5.07. The fraction of sp³-hybridized carbons (Fsp3) is 0.520. The molecule has 0 saturated heterocycles. The molecule has 32 heavy (non-hydrogen) atoms. The summed E-state index contributed by atoms with van der Waals surface area (Å²) in [6.07, 6.45) is 8.42. The van der Waals surface area contributed by atoms with Crippen molar-refractivity contribution in [1.82, 2.24) is 10.2 Å². The molecule has 1 fully saturated rings. The molecule has 7 heteroatoms. The van der Waals surface area contributed by atoms with Crippen LogP contribution in [0.2, 0.25) is 0 Å². The van der Waals surface area contributed by atoms with Gasteiger partial charge in [0, 0.05) is 18.8 Å². The van der Waals surface area contributed by atoms with Gasteiger partial charge in [-0.15, -0.1) is 0 Å². The van der Waals surface area contributed by atoms with E-state index in [2.05, 4.69) is 47.9 Å². The maximum absolute atomic E-state index is 13.2. The van der Waals surface area contributed by atoms with Gasteiger partial charge < -0.3 is 15.5 Å². The molecule has 0 unspecified atom stereocenters. The number of rotatable bonds is 8. The van der Waals surface area contributed by atoms with E-state index < -0.39 is 6.04 Å². The van der Waals surface area contributed by atoms with Crippen LogP contribution < -0.4 is 10.6 Å². The summed E-state index contributed by atoms with van der Waals surface area (Å²) in [4.78, 5) is 28.4. The molecule has 5 nitrogen and oxygen atoms in total. The molecule has 2 N–H and O–H groups in total. The van der Waals surface area contributed by atoms with Crippen molar-refractivity contribution in [1.29, 1.82) is 0 Å². The average molecular weight is 476 g/mol. The van der Waals surface area contributed by atoms with Crippen LogP contribution >= 0.6 is 23.4 Å². The molecule has 2 amide bonds. The summed E-state index contributed by atoms with van der Waals surface area (Å²) < 4.78 is 0.272. The Balaban J connectivity index is 1.70. The minimum atomic E-state index is -0.614. The Morgan fingerprint density at radius 1 is 1.16 bits per heavy atom. The maximum atomic E-state index is 13.2. The van der Waals surface area contributed by atoms with Gasteiger partial charge in [-0.05, 0) is 55.5 Å². The lowest BCUT2D eigenvalue weighted by Gasteiger charge is -2.27. The number of amides is 2. The highest BCUT2D eigenvalue weighted by Gasteiger charge is 2.27. The highest BCUT2D eigenvalue weighted by atomic mass is 35.5. The molecule has 1 aliphatic heterocycles. The molecule has 1 aliphatic carbocycles. The molecule has 0 aromatic heterocycles. The number of benzene rings is 1. The van der Waals surface area contributed by atoms with Gasteiger partial charge in [0.1, 0.15) is 6.04 Å². The van der Waals surface area contributed by atoms with Crippen LogP contribution in [0.3, 0.4) is 0 Å². The Bertz CT molecular complexity index is 867. The third-order valence-electron chi connectivity index (χ3n) is 6.40.